The Morgan fingerprint density at radius 1 is 0.419 bits per heavy atom. The molecule has 74 heavy (non-hydrogen) atoms. The number of likely N-dealkylation sites (N-methyl/N-ethyl adjacent to an activating group) is 1. The second-order valence-electron chi connectivity index (χ2n) is 22.1. The summed E-state index contributed by atoms with van der Waals surface area (Å²) in [5.74, 6) is -0.831. The molecule has 0 spiro atoms. The van der Waals surface area contributed by atoms with Crippen molar-refractivity contribution < 1.29 is 42.1 Å². The van der Waals surface area contributed by atoms with Crippen LogP contribution in [0.2, 0.25) is 0 Å². The number of unbranched alkanes of at least 4 members (excludes halogenated alkanes) is 33. The molecular formula is C64H118NO8P. The van der Waals surface area contributed by atoms with Gasteiger partial charge in [0.25, 0.3) is 7.82 Å². The molecule has 0 aromatic heterocycles. The fourth-order valence-corrected chi connectivity index (χ4v) is 9.42. The number of carbonyl (C=O) groups is 2. The maximum Gasteiger partial charge on any atom is 0.306 e. The number of quaternary nitrogens is 1. The second kappa shape index (κ2) is 55.5. The number of hydrogen-bond donors (Lipinski definition) is 0. The average Bonchev–Trinajstić information content (AvgIpc) is 3.36. The molecule has 0 aliphatic carbocycles. The Balaban J connectivity index is 4.12. The minimum Gasteiger partial charge on any atom is -0.756 e. The molecule has 2 unspecified atom stereocenters. The summed E-state index contributed by atoms with van der Waals surface area (Å²) in [4.78, 5) is 37.9. The lowest BCUT2D eigenvalue weighted by atomic mass is 10.0. The summed E-state index contributed by atoms with van der Waals surface area (Å²) in [6, 6.07) is 0. The number of carbonyl (C=O) groups excluding carboxylic acids is 2. The zero-order chi connectivity index (χ0) is 54.2. The summed E-state index contributed by atoms with van der Waals surface area (Å²) < 4.78 is 34.2. The molecule has 0 amide bonds. The molecule has 0 N–H and O–H groups in total. The molecule has 0 aromatic rings. The minimum absolute atomic E-state index is 0.0325. The Morgan fingerprint density at radius 2 is 0.730 bits per heavy atom. The molecule has 0 aliphatic heterocycles. The highest BCUT2D eigenvalue weighted by molar-refractivity contribution is 7.45. The van der Waals surface area contributed by atoms with E-state index in [9.17, 15) is 19.0 Å². The van der Waals surface area contributed by atoms with Gasteiger partial charge in [0.1, 0.15) is 19.8 Å². The lowest BCUT2D eigenvalue weighted by Gasteiger charge is -2.28. The van der Waals surface area contributed by atoms with Gasteiger partial charge < -0.3 is 27.9 Å². The van der Waals surface area contributed by atoms with Crippen molar-refractivity contribution in [1.82, 2.24) is 0 Å². The third-order valence-electron chi connectivity index (χ3n) is 13.5. The molecule has 0 fully saturated rings. The number of phosphoric ester groups is 1. The van der Waals surface area contributed by atoms with Crippen LogP contribution in [0, 0.1) is 0 Å². The van der Waals surface area contributed by atoms with Crippen LogP contribution in [0.4, 0.5) is 0 Å². The van der Waals surface area contributed by atoms with Crippen molar-refractivity contribution in [3.8, 4) is 0 Å². The number of phosphoric acid groups is 1. The van der Waals surface area contributed by atoms with Crippen LogP contribution in [0.5, 0.6) is 0 Å². The Labute approximate surface area is 457 Å². The molecule has 2 atom stereocenters. The van der Waals surface area contributed by atoms with Crippen molar-refractivity contribution in [1.29, 1.82) is 0 Å². The molecule has 432 valence electrons. The Hall–Kier alpha value is -2.29. The Bertz CT molecular complexity index is 1430. The molecule has 0 heterocycles. The average molecular weight is 1060 g/mol. The van der Waals surface area contributed by atoms with E-state index in [4.69, 9.17) is 18.5 Å². The van der Waals surface area contributed by atoms with Gasteiger partial charge in [-0.2, -0.15) is 0 Å². The highest BCUT2D eigenvalue weighted by Gasteiger charge is 2.22. The van der Waals surface area contributed by atoms with E-state index in [0.717, 1.165) is 64.2 Å². The number of rotatable bonds is 57. The first kappa shape index (κ1) is 71.7. The first-order chi connectivity index (χ1) is 36.0. The minimum atomic E-state index is -4.64. The van der Waals surface area contributed by atoms with Gasteiger partial charge in [-0.1, -0.05) is 248 Å². The first-order valence-corrected chi connectivity index (χ1v) is 32.5. The van der Waals surface area contributed by atoms with Gasteiger partial charge in [0.15, 0.2) is 6.10 Å². The standard InChI is InChI=1S/C64H118NO8P/c1-6-8-10-12-14-16-18-20-22-24-26-28-29-30-31-32-33-34-35-37-39-41-43-45-47-49-51-53-55-57-64(67)73-62(61-72-74(68,69)71-59-58-65(3,4)5)60-70-63(66)56-54-52-50-48-46-44-42-40-38-36-27-25-23-21-19-17-15-13-11-9-7-2/h18-21,24-27,29-30,62H,6-17,22-23,28,31-61H2,1-5H3/b20-18-,21-19-,26-24-,27-25-,30-29-. The van der Waals surface area contributed by atoms with Gasteiger partial charge in [0, 0.05) is 12.8 Å². The lowest BCUT2D eigenvalue weighted by molar-refractivity contribution is -0.870. The van der Waals surface area contributed by atoms with Gasteiger partial charge in [0.05, 0.1) is 27.7 Å². The van der Waals surface area contributed by atoms with E-state index in [-0.39, 0.29) is 32.0 Å². The van der Waals surface area contributed by atoms with E-state index >= 15 is 0 Å². The molecule has 10 heteroatoms. The lowest BCUT2D eigenvalue weighted by Crippen LogP contribution is -2.37. The summed E-state index contributed by atoms with van der Waals surface area (Å²) >= 11 is 0. The fraction of sp³-hybridized carbons (Fsp3) is 0.812. The normalized spacial score (nSPS) is 13.6. The van der Waals surface area contributed by atoms with Gasteiger partial charge in [-0.15, -0.1) is 0 Å². The number of esters is 2. The summed E-state index contributed by atoms with van der Waals surface area (Å²) in [6.45, 7) is 4.24. The van der Waals surface area contributed by atoms with Crippen molar-refractivity contribution in [2.24, 2.45) is 0 Å². The summed E-state index contributed by atoms with van der Waals surface area (Å²) in [5.41, 5.74) is 0. The van der Waals surface area contributed by atoms with Crippen molar-refractivity contribution in [3.63, 3.8) is 0 Å². The quantitative estimate of drug-likeness (QED) is 0.0195. The number of allylic oxidation sites excluding steroid dienone is 10. The highest BCUT2D eigenvalue weighted by Crippen LogP contribution is 2.38. The highest BCUT2D eigenvalue weighted by atomic mass is 31.2. The molecule has 0 radical (unpaired) electrons. The summed E-state index contributed by atoms with van der Waals surface area (Å²) in [6.07, 6.45) is 71.3. The molecule has 0 saturated carbocycles. The Kier molecular flexibility index (Phi) is 53.7. The van der Waals surface area contributed by atoms with Gasteiger partial charge in [-0.25, -0.2) is 0 Å². The predicted octanol–water partition coefficient (Wildman–Crippen LogP) is 18.9. The van der Waals surface area contributed by atoms with Crippen LogP contribution in [0.25, 0.3) is 0 Å². The van der Waals surface area contributed by atoms with E-state index in [1.165, 1.54) is 186 Å². The molecule has 0 aromatic carbocycles. The van der Waals surface area contributed by atoms with Gasteiger partial charge in [-0.3, -0.25) is 14.2 Å². The molecule has 0 saturated heterocycles. The maximum atomic E-state index is 12.8. The molecule has 0 aliphatic rings. The topological polar surface area (TPSA) is 111 Å². The van der Waals surface area contributed by atoms with Crippen LogP contribution in [-0.2, 0) is 32.7 Å². The zero-order valence-electron chi connectivity index (χ0n) is 49.0. The summed E-state index contributed by atoms with van der Waals surface area (Å²) in [5, 5.41) is 0. The van der Waals surface area contributed by atoms with E-state index < -0.39 is 26.5 Å². The van der Waals surface area contributed by atoms with E-state index in [1.54, 1.807) is 0 Å². The maximum absolute atomic E-state index is 12.8. The van der Waals surface area contributed by atoms with Crippen molar-refractivity contribution in [2.75, 3.05) is 47.5 Å². The van der Waals surface area contributed by atoms with Crippen LogP contribution >= 0.6 is 7.82 Å². The van der Waals surface area contributed by atoms with Crippen molar-refractivity contribution in [3.05, 3.63) is 60.8 Å². The third kappa shape index (κ3) is 59.0. The molecular weight excluding hydrogens is 942 g/mol. The number of nitrogens with zero attached hydrogens (tertiary/aromatic N) is 1. The van der Waals surface area contributed by atoms with Crippen LogP contribution in [0.1, 0.15) is 284 Å². The predicted molar refractivity (Wildman–Crippen MR) is 314 cm³/mol. The zero-order valence-corrected chi connectivity index (χ0v) is 49.9. The Morgan fingerprint density at radius 3 is 1.08 bits per heavy atom. The number of hydrogen-bond acceptors (Lipinski definition) is 8. The molecule has 0 bridgehead atoms. The van der Waals surface area contributed by atoms with Crippen LogP contribution in [-0.4, -0.2) is 70.0 Å². The van der Waals surface area contributed by atoms with E-state index in [1.807, 2.05) is 21.1 Å². The van der Waals surface area contributed by atoms with Gasteiger partial charge >= 0.3 is 11.9 Å². The second-order valence-corrected chi connectivity index (χ2v) is 23.5. The smallest absolute Gasteiger partial charge is 0.306 e. The number of ether oxygens (including phenoxy) is 2. The molecule has 0 rings (SSSR count). The monoisotopic (exact) mass is 1060 g/mol. The van der Waals surface area contributed by atoms with Crippen LogP contribution in [0.15, 0.2) is 60.8 Å². The largest absolute Gasteiger partial charge is 0.756 e. The van der Waals surface area contributed by atoms with E-state index in [2.05, 4.69) is 74.6 Å². The van der Waals surface area contributed by atoms with Gasteiger partial charge in [0.2, 0.25) is 0 Å². The summed E-state index contributed by atoms with van der Waals surface area (Å²) in [7, 11) is 1.17. The third-order valence-corrected chi connectivity index (χ3v) is 14.5. The first-order valence-electron chi connectivity index (χ1n) is 31.0. The van der Waals surface area contributed by atoms with Crippen molar-refractivity contribution in [2.45, 2.75) is 290 Å². The van der Waals surface area contributed by atoms with E-state index in [0.29, 0.717) is 17.4 Å². The van der Waals surface area contributed by atoms with Gasteiger partial charge in [-0.05, 0) is 83.5 Å². The SMILES string of the molecule is CCCCCCC/C=C\C/C=C\C/C=C\CCCCCCCCCCCCCCCCC(=O)OC(COC(=O)CCCCCCCCCCC/C=C\C/C=C\CCCCCCC)COP(=O)([O-])OCC[N+](C)(C)C. The fourth-order valence-electron chi connectivity index (χ4n) is 8.69. The van der Waals surface area contributed by atoms with Crippen LogP contribution in [0.3, 0.4) is 0 Å². The van der Waals surface area contributed by atoms with Crippen LogP contribution < -0.4 is 4.89 Å². The molecule has 9 nitrogen and oxygen atoms in total. The van der Waals surface area contributed by atoms with Crippen molar-refractivity contribution >= 4 is 19.8 Å².